The molecule has 0 aromatic heterocycles. The van der Waals surface area contributed by atoms with Crippen LogP contribution in [0.25, 0.3) is 0 Å². The minimum absolute atomic E-state index is 0.0476. The third kappa shape index (κ3) is 3.61. The van der Waals surface area contributed by atoms with Gasteiger partial charge in [0, 0.05) is 19.0 Å². The Morgan fingerprint density at radius 2 is 1.84 bits per heavy atom. The maximum atomic E-state index is 12.9. The van der Waals surface area contributed by atoms with E-state index in [2.05, 4.69) is 24.3 Å². The number of fused-ring (bicyclic) bond motifs is 5. The van der Waals surface area contributed by atoms with E-state index in [-0.39, 0.29) is 18.0 Å². The molecule has 1 aromatic carbocycles. The summed E-state index contributed by atoms with van der Waals surface area (Å²) in [5, 5.41) is 0. The van der Waals surface area contributed by atoms with Crippen LogP contribution >= 0.6 is 0 Å². The van der Waals surface area contributed by atoms with Crippen LogP contribution in [0.2, 0.25) is 0 Å². The van der Waals surface area contributed by atoms with Crippen LogP contribution in [-0.4, -0.2) is 42.1 Å². The monoisotopic (exact) mass is 342 g/mol. The fourth-order valence-corrected chi connectivity index (χ4v) is 4.93. The summed E-state index contributed by atoms with van der Waals surface area (Å²) >= 11 is 0. The molecule has 0 unspecified atom stereocenters. The Morgan fingerprint density at radius 3 is 2.68 bits per heavy atom. The van der Waals surface area contributed by atoms with Crippen LogP contribution in [0.4, 0.5) is 0 Å². The molecule has 1 aromatic rings. The van der Waals surface area contributed by atoms with E-state index in [1.807, 2.05) is 4.90 Å². The van der Waals surface area contributed by atoms with Crippen molar-refractivity contribution in [3.8, 4) is 0 Å². The van der Waals surface area contributed by atoms with Crippen LogP contribution in [0.5, 0.6) is 0 Å². The quantitative estimate of drug-likeness (QED) is 0.788. The van der Waals surface area contributed by atoms with Gasteiger partial charge in [0.1, 0.15) is 0 Å². The van der Waals surface area contributed by atoms with Gasteiger partial charge in [-0.25, -0.2) is 0 Å². The molecule has 1 aliphatic carbocycles. The Balaban J connectivity index is 1.61. The summed E-state index contributed by atoms with van der Waals surface area (Å²) in [5.74, 6) is 0.863. The lowest BCUT2D eigenvalue weighted by atomic mass is 9.80. The van der Waals surface area contributed by atoms with Crippen molar-refractivity contribution in [2.45, 2.75) is 75.5 Å². The number of nitrogens with zero attached hydrogens (tertiary/aromatic N) is 1. The van der Waals surface area contributed by atoms with Crippen molar-refractivity contribution in [1.29, 1.82) is 0 Å². The zero-order valence-corrected chi connectivity index (χ0v) is 15.0. The van der Waals surface area contributed by atoms with Gasteiger partial charge in [-0.15, -0.1) is 0 Å². The second-order valence-electron chi connectivity index (χ2n) is 7.97. The maximum absolute atomic E-state index is 12.9. The highest BCUT2D eigenvalue weighted by Crippen LogP contribution is 2.36. The number of carbonyl (C=O) groups excluding carboxylic acids is 1. The predicted molar refractivity (Wildman–Crippen MR) is 98.4 cm³/mol. The van der Waals surface area contributed by atoms with Crippen LogP contribution in [0, 0.1) is 0 Å². The second kappa shape index (κ2) is 7.46. The average Bonchev–Trinajstić information content (AvgIpc) is 2.66. The number of rotatable bonds is 0. The molecule has 5 rings (SSSR count). The molecule has 1 saturated heterocycles. The molecule has 2 fully saturated rings. The number of ether oxygens (including phenoxy) is 1. The first kappa shape index (κ1) is 17.0. The molecular formula is C21H30N2O2. The molecule has 0 radical (unpaired) electrons. The van der Waals surface area contributed by atoms with Gasteiger partial charge in [-0.05, 0) is 62.0 Å². The van der Waals surface area contributed by atoms with Crippen molar-refractivity contribution in [2.24, 2.45) is 5.73 Å². The summed E-state index contributed by atoms with van der Waals surface area (Å²) in [4.78, 5) is 14.9. The van der Waals surface area contributed by atoms with Crippen LogP contribution in [0.15, 0.2) is 24.3 Å². The van der Waals surface area contributed by atoms with E-state index in [4.69, 9.17) is 10.5 Å². The van der Waals surface area contributed by atoms with Crippen molar-refractivity contribution in [1.82, 2.24) is 4.90 Å². The van der Waals surface area contributed by atoms with E-state index in [0.29, 0.717) is 25.0 Å². The van der Waals surface area contributed by atoms with E-state index < -0.39 is 0 Å². The maximum Gasteiger partial charge on any atom is 0.223 e. The van der Waals surface area contributed by atoms with Crippen molar-refractivity contribution in [3.63, 3.8) is 0 Å². The molecule has 2 atom stereocenters. The van der Waals surface area contributed by atoms with E-state index in [9.17, 15) is 4.79 Å². The van der Waals surface area contributed by atoms with E-state index >= 15 is 0 Å². The van der Waals surface area contributed by atoms with Crippen molar-refractivity contribution >= 4 is 5.91 Å². The molecular weight excluding hydrogens is 312 g/mol. The lowest BCUT2D eigenvalue weighted by molar-refractivity contribution is -0.138. The molecule has 1 saturated carbocycles. The van der Waals surface area contributed by atoms with Crippen LogP contribution in [0.3, 0.4) is 0 Å². The van der Waals surface area contributed by atoms with Crippen LogP contribution in [-0.2, 0) is 16.0 Å². The molecule has 25 heavy (non-hydrogen) atoms. The van der Waals surface area contributed by atoms with Crippen molar-refractivity contribution in [2.75, 3.05) is 13.2 Å². The molecule has 1 amide bonds. The zero-order chi connectivity index (χ0) is 17.2. The van der Waals surface area contributed by atoms with Gasteiger partial charge in [-0.1, -0.05) is 24.3 Å². The smallest absolute Gasteiger partial charge is 0.223 e. The standard InChI is InChI=1S/C21H30N2O2/c22-19-6-3-13-23-20(19)14-25-17-10-7-16(8-11-17)18-5-2-1-4-15(18)9-12-21(23)24/h1-2,4-5,16-17,19-20H,3,6-14,22H2/t16-,17+,19-,20-/m0/s1. The van der Waals surface area contributed by atoms with E-state index in [1.54, 1.807) is 0 Å². The fraction of sp³-hybridized carbons (Fsp3) is 0.667. The van der Waals surface area contributed by atoms with Crippen molar-refractivity contribution < 1.29 is 9.53 Å². The third-order valence-electron chi connectivity index (χ3n) is 6.43. The Bertz CT molecular complexity index is 610. The van der Waals surface area contributed by atoms with Crippen LogP contribution < -0.4 is 5.73 Å². The Morgan fingerprint density at radius 1 is 1.04 bits per heavy atom. The van der Waals surface area contributed by atoms with Gasteiger partial charge in [0.05, 0.1) is 18.8 Å². The molecule has 4 nitrogen and oxygen atoms in total. The summed E-state index contributed by atoms with van der Waals surface area (Å²) in [6.45, 7) is 1.44. The van der Waals surface area contributed by atoms with E-state index in [1.165, 1.54) is 24.0 Å². The molecule has 3 heterocycles. The first-order valence-electron chi connectivity index (χ1n) is 9.97. The van der Waals surface area contributed by atoms with E-state index in [0.717, 1.165) is 38.6 Å². The van der Waals surface area contributed by atoms with Gasteiger partial charge in [0.15, 0.2) is 0 Å². The number of hydrogen-bond acceptors (Lipinski definition) is 3. The highest BCUT2D eigenvalue weighted by Gasteiger charge is 2.34. The number of piperidine rings is 1. The fourth-order valence-electron chi connectivity index (χ4n) is 4.93. The number of benzene rings is 1. The number of nitrogens with two attached hydrogens (primary N) is 1. The Hall–Kier alpha value is -1.39. The second-order valence-corrected chi connectivity index (χ2v) is 7.97. The summed E-state index contributed by atoms with van der Waals surface area (Å²) < 4.78 is 6.25. The topological polar surface area (TPSA) is 55.6 Å². The number of amides is 1. The summed E-state index contributed by atoms with van der Waals surface area (Å²) in [6, 6.07) is 8.83. The first-order chi connectivity index (χ1) is 12.2. The molecule has 4 heteroatoms. The van der Waals surface area contributed by atoms with Gasteiger partial charge in [-0.2, -0.15) is 0 Å². The molecule has 2 N–H and O–H groups in total. The molecule has 3 aliphatic heterocycles. The molecule has 2 bridgehead atoms. The highest BCUT2D eigenvalue weighted by molar-refractivity contribution is 5.77. The van der Waals surface area contributed by atoms with Gasteiger partial charge in [-0.3, -0.25) is 4.79 Å². The highest BCUT2D eigenvalue weighted by atomic mass is 16.5. The van der Waals surface area contributed by atoms with Gasteiger partial charge >= 0.3 is 0 Å². The largest absolute Gasteiger partial charge is 0.376 e. The minimum Gasteiger partial charge on any atom is -0.376 e. The summed E-state index contributed by atoms with van der Waals surface area (Å²) in [7, 11) is 0. The lowest BCUT2D eigenvalue weighted by Gasteiger charge is -2.40. The predicted octanol–water partition coefficient (Wildman–Crippen LogP) is 2.99. The van der Waals surface area contributed by atoms with Gasteiger partial charge in [0.25, 0.3) is 0 Å². The normalized spacial score (nSPS) is 33.6. The SMILES string of the molecule is N[C@H]1CCCN2C(=O)CCc3ccccc3[C@H]3CC[C@H](CC3)OC[C@@H]12. The molecule has 136 valence electrons. The number of hydrogen-bond donors (Lipinski definition) is 1. The zero-order valence-electron chi connectivity index (χ0n) is 15.0. The summed E-state index contributed by atoms with van der Waals surface area (Å²) in [5.41, 5.74) is 9.18. The number of carbonyl (C=O) groups is 1. The molecule has 0 spiro atoms. The minimum atomic E-state index is 0.0476. The van der Waals surface area contributed by atoms with Crippen molar-refractivity contribution in [3.05, 3.63) is 35.4 Å². The first-order valence-corrected chi connectivity index (χ1v) is 9.97. The van der Waals surface area contributed by atoms with Crippen LogP contribution in [0.1, 0.15) is 62.0 Å². The van der Waals surface area contributed by atoms with Gasteiger partial charge < -0.3 is 15.4 Å². The average molecular weight is 342 g/mol. The number of aryl methyl sites for hydroxylation is 1. The Labute approximate surface area is 150 Å². The lowest BCUT2D eigenvalue weighted by Crippen LogP contribution is -2.56. The molecule has 4 aliphatic rings. The van der Waals surface area contributed by atoms with Gasteiger partial charge in [0.2, 0.25) is 5.91 Å². The third-order valence-corrected chi connectivity index (χ3v) is 6.43. The summed E-state index contributed by atoms with van der Waals surface area (Å²) in [6.07, 6.45) is 8.37. The Kier molecular flexibility index (Phi) is 5.09.